The number of carbonyl (C=O) groups is 2. The molecule has 0 bridgehead atoms. The zero-order valence-corrected chi connectivity index (χ0v) is 11.4. The van der Waals surface area contributed by atoms with E-state index in [0.29, 0.717) is 0 Å². The van der Waals surface area contributed by atoms with Gasteiger partial charge in [0.15, 0.2) is 6.10 Å². The van der Waals surface area contributed by atoms with Gasteiger partial charge in [0.25, 0.3) is 5.91 Å². The molecule has 0 unspecified atom stereocenters. The summed E-state index contributed by atoms with van der Waals surface area (Å²) < 4.78 is 5.19. The molecule has 3 N–H and O–H groups in total. The van der Waals surface area contributed by atoms with Crippen LogP contribution in [0.3, 0.4) is 0 Å². The van der Waals surface area contributed by atoms with Gasteiger partial charge in [-0.3, -0.25) is 9.59 Å². The molecule has 0 radical (unpaired) electrons. The molecule has 5 nitrogen and oxygen atoms in total. The second-order valence-electron chi connectivity index (χ2n) is 4.66. The first-order chi connectivity index (χ1) is 8.97. The lowest BCUT2D eigenvalue weighted by Gasteiger charge is -2.22. The highest BCUT2D eigenvalue weighted by Gasteiger charge is 2.27. The molecule has 0 aromatic heterocycles. The third-order valence-electron chi connectivity index (χ3n) is 2.85. The summed E-state index contributed by atoms with van der Waals surface area (Å²) >= 11 is 0. The summed E-state index contributed by atoms with van der Waals surface area (Å²) in [6.45, 7) is 3.64. The summed E-state index contributed by atoms with van der Waals surface area (Å²) in [5, 5.41) is 2.63. The molecule has 0 aliphatic rings. The van der Waals surface area contributed by atoms with Gasteiger partial charge in [-0.15, -0.1) is 0 Å². The number of hydrogen-bond donors (Lipinski definition) is 2. The first kappa shape index (κ1) is 15.2. The Morgan fingerprint density at radius 2 is 1.79 bits per heavy atom. The number of nitrogens with one attached hydrogen (secondary N) is 1. The summed E-state index contributed by atoms with van der Waals surface area (Å²) in [5.41, 5.74) is 6.00. The Balaban J connectivity index is 2.83. The van der Waals surface area contributed by atoms with Gasteiger partial charge in [0.2, 0.25) is 5.91 Å². The number of amides is 2. The number of hydrogen-bond acceptors (Lipinski definition) is 3. The smallest absolute Gasteiger partial charge is 0.254 e. The van der Waals surface area contributed by atoms with Crippen LogP contribution in [0, 0.1) is 5.92 Å². The van der Waals surface area contributed by atoms with Gasteiger partial charge < -0.3 is 15.8 Å². The van der Waals surface area contributed by atoms with Crippen molar-refractivity contribution in [1.29, 1.82) is 0 Å². The van der Waals surface area contributed by atoms with Crippen molar-refractivity contribution < 1.29 is 14.3 Å². The van der Waals surface area contributed by atoms with Gasteiger partial charge in [0, 0.05) is 7.11 Å². The molecule has 19 heavy (non-hydrogen) atoms. The third-order valence-corrected chi connectivity index (χ3v) is 2.85. The van der Waals surface area contributed by atoms with Crippen LogP contribution >= 0.6 is 0 Å². The number of ether oxygens (including phenoxy) is 1. The van der Waals surface area contributed by atoms with E-state index in [2.05, 4.69) is 5.32 Å². The molecule has 1 rings (SSSR count). The molecule has 0 heterocycles. The maximum atomic E-state index is 12.2. The second-order valence-corrected chi connectivity index (χ2v) is 4.66. The van der Waals surface area contributed by atoms with Crippen molar-refractivity contribution in [3.8, 4) is 0 Å². The number of nitrogens with two attached hydrogens (primary N) is 1. The van der Waals surface area contributed by atoms with E-state index in [1.807, 2.05) is 32.0 Å². The van der Waals surface area contributed by atoms with E-state index in [1.54, 1.807) is 12.1 Å². The molecule has 0 saturated heterocycles. The minimum absolute atomic E-state index is 0.0743. The molecule has 0 saturated carbocycles. The van der Waals surface area contributed by atoms with Crippen LogP contribution in [0.4, 0.5) is 0 Å². The molecule has 0 aliphatic heterocycles. The molecule has 2 atom stereocenters. The number of primary amides is 1. The lowest BCUT2D eigenvalue weighted by Crippen LogP contribution is -2.49. The Labute approximate surface area is 113 Å². The van der Waals surface area contributed by atoms with Crippen molar-refractivity contribution in [1.82, 2.24) is 5.32 Å². The van der Waals surface area contributed by atoms with Crippen LogP contribution < -0.4 is 11.1 Å². The minimum atomic E-state index is -0.748. The van der Waals surface area contributed by atoms with E-state index < -0.39 is 18.1 Å². The molecule has 0 aliphatic carbocycles. The predicted octanol–water partition coefficient (Wildman–Crippen LogP) is 1.00. The number of rotatable bonds is 6. The van der Waals surface area contributed by atoms with E-state index in [1.165, 1.54) is 7.11 Å². The summed E-state index contributed by atoms with van der Waals surface area (Å²) in [6.07, 6.45) is -0.748. The fourth-order valence-electron chi connectivity index (χ4n) is 1.82. The normalized spacial score (nSPS) is 13.9. The van der Waals surface area contributed by atoms with Gasteiger partial charge in [0.1, 0.15) is 6.04 Å². The highest BCUT2D eigenvalue weighted by Crippen LogP contribution is 2.17. The number of methoxy groups -OCH3 is 1. The average molecular weight is 264 g/mol. The summed E-state index contributed by atoms with van der Waals surface area (Å²) in [6, 6.07) is 8.39. The summed E-state index contributed by atoms with van der Waals surface area (Å²) in [7, 11) is 1.45. The monoisotopic (exact) mass is 264 g/mol. The Bertz CT molecular complexity index is 432. The number of carbonyl (C=O) groups excluding carboxylic acids is 2. The first-order valence-corrected chi connectivity index (χ1v) is 6.14. The highest BCUT2D eigenvalue weighted by atomic mass is 16.5. The van der Waals surface area contributed by atoms with E-state index in [4.69, 9.17) is 10.5 Å². The molecule has 0 fully saturated rings. The molecule has 5 heteroatoms. The standard InChI is InChI=1S/C14H20N2O3/c1-9(2)11(13(15)17)16-14(18)12(19-3)10-7-5-4-6-8-10/h4-9,11-12H,1-3H3,(H2,15,17)(H,16,18)/t11-,12+/m1/s1. The molecular formula is C14H20N2O3. The molecule has 2 amide bonds. The zero-order chi connectivity index (χ0) is 14.4. The summed E-state index contributed by atoms with van der Waals surface area (Å²) in [5.74, 6) is -0.993. The van der Waals surface area contributed by atoms with Gasteiger partial charge in [-0.25, -0.2) is 0 Å². The van der Waals surface area contributed by atoms with Crippen LogP contribution in [-0.4, -0.2) is 25.0 Å². The van der Waals surface area contributed by atoms with Crippen molar-refractivity contribution in [2.45, 2.75) is 26.0 Å². The van der Waals surface area contributed by atoms with Crippen LogP contribution in [0.15, 0.2) is 30.3 Å². The summed E-state index contributed by atoms with van der Waals surface area (Å²) in [4.78, 5) is 23.4. The van der Waals surface area contributed by atoms with Crippen molar-refractivity contribution in [3.63, 3.8) is 0 Å². The van der Waals surface area contributed by atoms with Crippen LogP contribution in [0.2, 0.25) is 0 Å². The van der Waals surface area contributed by atoms with Gasteiger partial charge in [0.05, 0.1) is 0 Å². The van der Waals surface area contributed by atoms with Crippen LogP contribution in [0.25, 0.3) is 0 Å². The predicted molar refractivity (Wildman–Crippen MR) is 72.2 cm³/mol. The first-order valence-electron chi connectivity index (χ1n) is 6.14. The number of benzene rings is 1. The molecule has 104 valence electrons. The molecule has 1 aromatic rings. The van der Waals surface area contributed by atoms with Crippen molar-refractivity contribution >= 4 is 11.8 Å². The van der Waals surface area contributed by atoms with E-state index in [-0.39, 0.29) is 11.8 Å². The average Bonchev–Trinajstić information content (AvgIpc) is 2.37. The zero-order valence-electron chi connectivity index (χ0n) is 11.4. The Kier molecular flexibility index (Phi) is 5.51. The van der Waals surface area contributed by atoms with E-state index in [0.717, 1.165) is 5.56 Å². The van der Waals surface area contributed by atoms with Crippen LogP contribution in [0.1, 0.15) is 25.5 Å². The SMILES string of the molecule is CO[C@H](C(=O)N[C@@H](C(N)=O)C(C)C)c1ccccc1. The quantitative estimate of drug-likeness (QED) is 0.804. The third kappa shape index (κ3) is 4.06. The van der Waals surface area contributed by atoms with Crippen LogP contribution in [0.5, 0.6) is 0 Å². The van der Waals surface area contributed by atoms with E-state index >= 15 is 0 Å². The van der Waals surface area contributed by atoms with Gasteiger partial charge in [-0.05, 0) is 11.5 Å². The molecular weight excluding hydrogens is 244 g/mol. The fourth-order valence-corrected chi connectivity index (χ4v) is 1.82. The molecule has 1 aromatic carbocycles. The maximum absolute atomic E-state index is 12.2. The molecule has 0 spiro atoms. The second kappa shape index (κ2) is 6.89. The Hall–Kier alpha value is -1.88. The van der Waals surface area contributed by atoms with Crippen molar-refractivity contribution in [2.24, 2.45) is 11.7 Å². The van der Waals surface area contributed by atoms with Gasteiger partial charge in [-0.2, -0.15) is 0 Å². The van der Waals surface area contributed by atoms with Crippen molar-refractivity contribution in [2.75, 3.05) is 7.11 Å². The van der Waals surface area contributed by atoms with Gasteiger partial charge in [-0.1, -0.05) is 44.2 Å². The largest absolute Gasteiger partial charge is 0.368 e. The lowest BCUT2D eigenvalue weighted by molar-refractivity contribution is -0.135. The minimum Gasteiger partial charge on any atom is -0.368 e. The van der Waals surface area contributed by atoms with Crippen LogP contribution in [-0.2, 0) is 14.3 Å². The fraction of sp³-hybridized carbons (Fsp3) is 0.429. The topological polar surface area (TPSA) is 81.4 Å². The van der Waals surface area contributed by atoms with Gasteiger partial charge >= 0.3 is 0 Å². The Morgan fingerprint density at radius 3 is 2.21 bits per heavy atom. The lowest BCUT2D eigenvalue weighted by atomic mass is 10.0. The van der Waals surface area contributed by atoms with Crippen molar-refractivity contribution in [3.05, 3.63) is 35.9 Å². The highest BCUT2D eigenvalue weighted by molar-refractivity contribution is 5.89. The van der Waals surface area contributed by atoms with E-state index in [9.17, 15) is 9.59 Å². The maximum Gasteiger partial charge on any atom is 0.254 e. The Morgan fingerprint density at radius 1 is 1.21 bits per heavy atom.